The molecule has 0 spiro atoms. The van der Waals surface area contributed by atoms with Crippen LogP contribution < -0.4 is 0 Å². The van der Waals surface area contributed by atoms with E-state index >= 15 is 0 Å². The number of hydrogen-bond acceptors (Lipinski definition) is 2. The van der Waals surface area contributed by atoms with E-state index in [2.05, 4.69) is 74.0 Å². The summed E-state index contributed by atoms with van der Waals surface area (Å²) in [5.74, 6) is -0.690. The number of hydrogen-bond donors (Lipinski definition) is 1. The Morgan fingerprint density at radius 1 is 1.08 bits per heavy atom. The summed E-state index contributed by atoms with van der Waals surface area (Å²) in [6.07, 6.45) is 3.21. The molecule has 0 aromatic heterocycles. The Balaban J connectivity index is 0.000000232. The molecular weight excluding hydrogens is 390 g/mol. The summed E-state index contributed by atoms with van der Waals surface area (Å²) < 4.78 is 0. The van der Waals surface area contributed by atoms with Crippen molar-refractivity contribution >= 4 is 44.1 Å². The second-order valence-electron chi connectivity index (χ2n) is 7.35. The van der Waals surface area contributed by atoms with E-state index in [-0.39, 0.29) is 5.41 Å². The number of fused-ring (bicyclic) bond motifs is 3. The van der Waals surface area contributed by atoms with Gasteiger partial charge in [0.1, 0.15) is 0 Å². The minimum Gasteiger partial charge on any atom is -0.481 e. The lowest BCUT2D eigenvalue weighted by Gasteiger charge is -2.22. The number of carboxylic acid groups (broad SMARTS) is 1. The van der Waals surface area contributed by atoms with Gasteiger partial charge in [-0.2, -0.15) is 0 Å². The summed E-state index contributed by atoms with van der Waals surface area (Å²) in [6.45, 7) is 8.82. The van der Waals surface area contributed by atoms with Crippen molar-refractivity contribution in [2.45, 2.75) is 58.8 Å². The van der Waals surface area contributed by atoms with Crippen LogP contribution in [0.2, 0.25) is 0 Å². The van der Waals surface area contributed by atoms with Crippen molar-refractivity contribution in [1.82, 2.24) is 0 Å². The topological polar surface area (TPSA) is 49.7 Å². The van der Waals surface area contributed by atoms with Gasteiger partial charge in [-0.1, -0.05) is 60.5 Å². The number of carboxylic acids is 1. The third-order valence-electron chi connectivity index (χ3n) is 5.10. The highest BCUT2D eigenvalue weighted by molar-refractivity contribution is 9.09. The molecule has 0 unspecified atom stereocenters. The molecule has 0 bridgehead atoms. The highest BCUT2D eigenvalue weighted by Crippen LogP contribution is 2.44. The third-order valence-corrected chi connectivity index (χ3v) is 5.66. The van der Waals surface area contributed by atoms with Crippen LogP contribution in [0.25, 0.3) is 10.8 Å². The second kappa shape index (κ2) is 8.81. The molecule has 1 N–H and O–H groups in total. The molecule has 4 heteroatoms. The van der Waals surface area contributed by atoms with Gasteiger partial charge in [0.2, 0.25) is 0 Å². The smallest absolute Gasteiger partial charge is 0.303 e. The van der Waals surface area contributed by atoms with E-state index in [1.54, 1.807) is 0 Å². The van der Waals surface area contributed by atoms with Gasteiger partial charge in [0, 0.05) is 22.9 Å². The lowest BCUT2D eigenvalue weighted by Crippen LogP contribution is -2.22. The fraction of sp³-hybridized carbons (Fsp3) is 0.455. The van der Waals surface area contributed by atoms with Gasteiger partial charge in [-0.15, -0.1) is 0 Å². The van der Waals surface area contributed by atoms with Crippen molar-refractivity contribution < 1.29 is 9.90 Å². The number of aliphatic imine (C=N–C) groups is 1. The predicted octanol–water partition coefficient (Wildman–Crippen LogP) is 6.56. The summed E-state index contributed by atoms with van der Waals surface area (Å²) in [5, 5.41) is 11.9. The van der Waals surface area contributed by atoms with Crippen molar-refractivity contribution in [1.29, 1.82) is 0 Å². The molecule has 0 radical (unpaired) electrons. The molecule has 3 nitrogen and oxygen atoms in total. The average Bonchev–Trinajstić information content (AvgIpc) is 2.82. The Morgan fingerprint density at radius 2 is 1.81 bits per heavy atom. The first-order chi connectivity index (χ1) is 12.3. The van der Waals surface area contributed by atoms with Crippen molar-refractivity contribution in [3.63, 3.8) is 0 Å². The molecule has 0 saturated carbocycles. The summed E-state index contributed by atoms with van der Waals surface area (Å²) in [5.41, 5.74) is 5.14. The SMILES string of the molecule is CC1=Nc2ccc3c(C)cccc3c2C1(C)C.O=C(O)CCCCCBr. The third kappa shape index (κ3) is 4.53. The molecule has 140 valence electrons. The zero-order valence-corrected chi connectivity index (χ0v) is 17.7. The molecule has 2 aromatic carbocycles. The first-order valence-electron chi connectivity index (χ1n) is 9.15. The Kier molecular flexibility index (Phi) is 6.99. The molecular formula is C22H28BrNO2. The summed E-state index contributed by atoms with van der Waals surface area (Å²) in [7, 11) is 0. The zero-order chi connectivity index (χ0) is 19.3. The number of benzene rings is 2. The largest absolute Gasteiger partial charge is 0.481 e. The van der Waals surface area contributed by atoms with Crippen LogP contribution >= 0.6 is 15.9 Å². The predicted molar refractivity (Wildman–Crippen MR) is 114 cm³/mol. The molecule has 0 aliphatic carbocycles. The molecule has 2 aromatic rings. The average molecular weight is 418 g/mol. The molecule has 3 rings (SSSR count). The molecule has 1 aliphatic rings. The van der Waals surface area contributed by atoms with Crippen LogP contribution in [0, 0.1) is 6.92 Å². The van der Waals surface area contributed by atoms with Gasteiger partial charge in [0.05, 0.1) is 5.69 Å². The van der Waals surface area contributed by atoms with Gasteiger partial charge in [-0.3, -0.25) is 9.79 Å². The Bertz CT molecular complexity index is 824. The van der Waals surface area contributed by atoms with Gasteiger partial charge >= 0.3 is 5.97 Å². The number of alkyl halides is 1. The van der Waals surface area contributed by atoms with Crippen LogP contribution in [0.4, 0.5) is 5.69 Å². The Labute approximate surface area is 164 Å². The number of aliphatic carboxylic acids is 1. The lowest BCUT2D eigenvalue weighted by atomic mass is 9.79. The van der Waals surface area contributed by atoms with Crippen LogP contribution in [0.5, 0.6) is 0 Å². The van der Waals surface area contributed by atoms with Crippen LogP contribution in [-0.2, 0) is 10.2 Å². The van der Waals surface area contributed by atoms with Gasteiger partial charge in [0.15, 0.2) is 0 Å². The summed E-state index contributed by atoms with van der Waals surface area (Å²) in [4.78, 5) is 14.7. The number of aryl methyl sites for hydroxylation is 1. The molecule has 26 heavy (non-hydrogen) atoms. The standard InChI is InChI=1S/C16H17N.C6H11BrO2/c1-10-6-5-7-13-12(10)8-9-14-15(13)16(3,4)11(2)17-14;7-5-3-1-2-4-6(8)9/h5-9H,1-4H3;1-5H2,(H,8,9). The van der Waals surface area contributed by atoms with Gasteiger partial charge in [-0.05, 0) is 54.7 Å². The first kappa shape index (κ1) is 20.6. The molecule has 0 atom stereocenters. The summed E-state index contributed by atoms with van der Waals surface area (Å²) in [6, 6.07) is 10.9. The quantitative estimate of drug-likeness (QED) is 0.442. The maximum absolute atomic E-state index is 9.95. The number of carbonyl (C=O) groups is 1. The summed E-state index contributed by atoms with van der Waals surface area (Å²) >= 11 is 3.27. The zero-order valence-electron chi connectivity index (χ0n) is 16.1. The van der Waals surface area contributed by atoms with Crippen molar-refractivity contribution in [2.24, 2.45) is 4.99 Å². The van der Waals surface area contributed by atoms with Crippen molar-refractivity contribution in [3.05, 3.63) is 41.5 Å². The number of unbranched alkanes of at least 4 members (excludes halogenated alkanes) is 2. The van der Waals surface area contributed by atoms with Crippen LogP contribution in [-0.4, -0.2) is 22.1 Å². The van der Waals surface area contributed by atoms with Crippen LogP contribution in [0.15, 0.2) is 35.3 Å². The molecule has 0 saturated heterocycles. The van der Waals surface area contributed by atoms with E-state index in [4.69, 9.17) is 10.1 Å². The normalized spacial score (nSPS) is 14.4. The van der Waals surface area contributed by atoms with E-state index in [0.717, 1.165) is 30.3 Å². The fourth-order valence-corrected chi connectivity index (χ4v) is 3.70. The van der Waals surface area contributed by atoms with E-state index < -0.39 is 5.97 Å². The molecule has 0 amide bonds. The van der Waals surface area contributed by atoms with E-state index in [9.17, 15) is 4.79 Å². The van der Waals surface area contributed by atoms with Gasteiger partial charge in [-0.25, -0.2) is 0 Å². The number of rotatable bonds is 5. The maximum Gasteiger partial charge on any atom is 0.303 e. The van der Waals surface area contributed by atoms with Crippen molar-refractivity contribution in [2.75, 3.05) is 5.33 Å². The molecule has 0 fully saturated rings. The van der Waals surface area contributed by atoms with E-state index in [0.29, 0.717) is 6.42 Å². The Hall–Kier alpha value is -1.68. The first-order valence-corrected chi connectivity index (χ1v) is 10.3. The number of halogens is 1. The van der Waals surface area contributed by atoms with Crippen LogP contribution in [0.3, 0.4) is 0 Å². The fourth-order valence-electron chi connectivity index (χ4n) is 3.30. The van der Waals surface area contributed by atoms with E-state index in [1.165, 1.54) is 27.6 Å². The monoisotopic (exact) mass is 417 g/mol. The minimum atomic E-state index is -0.690. The molecule has 1 heterocycles. The number of nitrogens with zero attached hydrogens (tertiary/aromatic N) is 1. The van der Waals surface area contributed by atoms with Crippen LogP contribution in [0.1, 0.15) is 57.6 Å². The van der Waals surface area contributed by atoms with Gasteiger partial charge < -0.3 is 5.11 Å². The van der Waals surface area contributed by atoms with Gasteiger partial charge in [0.25, 0.3) is 0 Å². The van der Waals surface area contributed by atoms with Crippen molar-refractivity contribution in [3.8, 4) is 0 Å². The van der Waals surface area contributed by atoms with E-state index in [1.807, 2.05) is 0 Å². The maximum atomic E-state index is 9.95. The minimum absolute atomic E-state index is 0.0582. The highest BCUT2D eigenvalue weighted by Gasteiger charge is 2.33. The Morgan fingerprint density at radius 3 is 2.46 bits per heavy atom. The highest BCUT2D eigenvalue weighted by atomic mass is 79.9. The second-order valence-corrected chi connectivity index (χ2v) is 8.14. The molecule has 1 aliphatic heterocycles. The lowest BCUT2D eigenvalue weighted by molar-refractivity contribution is -0.137.